The van der Waals surface area contributed by atoms with E-state index in [4.69, 9.17) is 22.9 Å². The molecule has 0 saturated carbocycles. The average Bonchev–Trinajstić information content (AvgIpc) is 3.50. The molecule has 2 rings (SSSR count). The second-order valence-electron chi connectivity index (χ2n) is 11.2. The molecule has 1 aliphatic heterocycles. The van der Waals surface area contributed by atoms with Gasteiger partial charge in [0.15, 0.2) is 0 Å². The number of phenols is 1. The van der Waals surface area contributed by atoms with Gasteiger partial charge in [0.05, 0.1) is 6.04 Å². The van der Waals surface area contributed by atoms with Crippen molar-refractivity contribution in [2.24, 2.45) is 22.9 Å². The molecule has 47 heavy (non-hydrogen) atoms. The summed E-state index contributed by atoms with van der Waals surface area (Å²) in [5.74, 6) is -7.12. The number of nitrogens with one attached hydrogen (secondary N) is 3. The number of carboxylic acid groups (broad SMARTS) is 1. The van der Waals surface area contributed by atoms with E-state index >= 15 is 0 Å². The number of carbonyl (C=O) groups excluding carboxylic acids is 7. The molecule has 0 bridgehead atoms. The highest BCUT2D eigenvalue weighted by Gasteiger charge is 2.38. The van der Waals surface area contributed by atoms with Crippen LogP contribution in [0.15, 0.2) is 24.3 Å². The summed E-state index contributed by atoms with van der Waals surface area (Å²) in [6.45, 7) is 0.0940. The number of aromatic hydroxyl groups is 1. The van der Waals surface area contributed by atoms with Crippen molar-refractivity contribution in [1.82, 2.24) is 20.9 Å². The predicted octanol–water partition coefficient (Wildman–Crippen LogP) is -3.41. The molecule has 0 aliphatic carbocycles. The van der Waals surface area contributed by atoms with Crippen LogP contribution in [0.2, 0.25) is 0 Å². The zero-order valence-electron chi connectivity index (χ0n) is 25.7. The van der Waals surface area contributed by atoms with E-state index in [1.165, 1.54) is 12.1 Å². The Hall–Kier alpha value is -5.26. The number of nitrogens with two attached hydrogens (primary N) is 4. The monoisotopic (exact) mass is 662 g/mol. The number of primary amides is 3. The molecule has 18 heteroatoms. The number of benzene rings is 1. The molecule has 1 aromatic rings. The van der Waals surface area contributed by atoms with Crippen LogP contribution >= 0.6 is 0 Å². The lowest BCUT2D eigenvalue weighted by atomic mass is 10.0. The van der Waals surface area contributed by atoms with Crippen LogP contribution in [0.5, 0.6) is 5.75 Å². The number of amides is 7. The topological polar surface area (TPSA) is 320 Å². The number of likely N-dealkylation sites (tertiary alicyclic amines) is 1. The first-order valence-electron chi connectivity index (χ1n) is 14.9. The van der Waals surface area contributed by atoms with E-state index < -0.39 is 77.5 Å². The van der Waals surface area contributed by atoms with Crippen LogP contribution in [0.1, 0.15) is 56.9 Å². The Kier molecular flexibility index (Phi) is 14.5. The Morgan fingerprint density at radius 2 is 1.19 bits per heavy atom. The largest absolute Gasteiger partial charge is 0.508 e. The van der Waals surface area contributed by atoms with E-state index in [-0.39, 0.29) is 63.7 Å². The van der Waals surface area contributed by atoms with Gasteiger partial charge in [-0.2, -0.15) is 0 Å². The number of phenolic OH excluding ortho intramolecular Hbond substituents is 1. The molecule has 0 radical (unpaired) electrons. The van der Waals surface area contributed by atoms with Gasteiger partial charge in [-0.15, -0.1) is 0 Å². The number of carboxylic acids is 1. The highest BCUT2D eigenvalue weighted by atomic mass is 16.4. The number of hydrogen-bond acceptors (Lipinski definition) is 10. The van der Waals surface area contributed by atoms with Crippen molar-refractivity contribution in [3.8, 4) is 5.75 Å². The summed E-state index contributed by atoms with van der Waals surface area (Å²) in [6, 6.07) is -0.728. The molecule has 18 nitrogen and oxygen atoms in total. The summed E-state index contributed by atoms with van der Waals surface area (Å²) in [5, 5.41) is 26.2. The maximum atomic E-state index is 13.4. The van der Waals surface area contributed by atoms with Crippen molar-refractivity contribution in [2.45, 2.75) is 88.0 Å². The SMILES string of the molecule is NC(=O)CC[C@H](NC(=O)[C@H](CCC(N)=O)NC(=O)[C@@H](N)Cc1ccc(O)cc1)C(=O)N[C@@H](CCC(N)=O)C(=O)N1CCC[C@H]1C(=O)O. The molecule has 1 aromatic carbocycles. The first-order valence-corrected chi connectivity index (χ1v) is 14.9. The van der Waals surface area contributed by atoms with Gasteiger partial charge in [0.25, 0.3) is 0 Å². The number of rotatable bonds is 19. The van der Waals surface area contributed by atoms with Gasteiger partial charge in [-0.3, -0.25) is 33.6 Å². The van der Waals surface area contributed by atoms with Crippen LogP contribution < -0.4 is 38.9 Å². The lowest BCUT2D eigenvalue weighted by Crippen LogP contribution is -2.58. The van der Waals surface area contributed by atoms with Crippen molar-refractivity contribution in [1.29, 1.82) is 0 Å². The Labute approximate surface area is 269 Å². The third-order valence-electron chi connectivity index (χ3n) is 7.47. The van der Waals surface area contributed by atoms with Gasteiger partial charge in [-0.25, -0.2) is 4.79 Å². The van der Waals surface area contributed by atoms with Crippen LogP contribution in [0.25, 0.3) is 0 Å². The molecule has 1 fully saturated rings. The molecule has 0 aromatic heterocycles. The Balaban J connectivity index is 2.25. The first-order chi connectivity index (χ1) is 22.1. The van der Waals surface area contributed by atoms with Gasteiger partial charge in [0, 0.05) is 25.8 Å². The van der Waals surface area contributed by atoms with E-state index in [9.17, 15) is 48.6 Å². The summed E-state index contributed by atoms with van der Waals surface area (Å²) in [6.07, 6.45) is -1.37. The normalized spacial score (nSPS) is 16.6. The van der Waals surface area contributed by atoms with Gasteiger partial charge in [0.1, 0.15) is 29.9 Å². The van der Waals surface area contributed by atoms with E-state index in [1.807, 2.05) is 0 Å². The van der Waals surface area contributed by atoms with Gasteiger partial charge in [0.2, 0.25) is 41.4 Å². The van der Waals surface area contributed by atoms with Crippen molar-refractivity contribution >= 4 is 47.3 Å². The molecule has 0 unspecified atom stereocenters. The Morgan fingerprint density at radius 3 is 1.66 bits per heavy atom. The number of hydrogen-bond donors (Lipinski definition) is 9. The second-order valence-corrected chi connectivity index (χ2v) is 11.2. The molecule has 1 heterocycles. The smallest absolute Gasteiger partial charge is 0.326 e. The Bertz CT molecular complexity index is 1340. The van der Waals surface area contributed by atoms with Crippen LogP contribution in [-0.4, -0.2) is 99.2 Å². The third-order valence-corrected chi connectivity index (χ3v) is 7.47. The quantitative estimate of drug-likeness (QED) is 0.0702. The predicted molar refractivity (Wildman–Crippen MR) is 163 cm³/mol. The minimum atomic E-state index is -1.51. The van der Waals surface area contributed by atoms with Crippen LogP contribution in [0, 0.1) is 0 Å². The minimum Gasteiger partial charge on any atom is -0.508 e. The molecular formula is C29H42N8O10. The lowest BCUT2D eigenvalue weighted by Gasteiger charge is -2.29. The molecule has 0 spiro atoms. The number of carbonyl (C=O) groups is 8. The van der Waals surface area contributed by atoms with Crippen LogP contribution in [0.4, 0.5) is 0 Å². The molecule has 1 saturated heterocycles. The summed E-state index contributed by atoms with van der Waals surface area (Å²) < 4.78 is 0. The third kappa shape index (κ3) is 12.6. The number of aliphatic carboxylic acids is 1. The zero-order valence-corrected chi connectivity index (χ0v) is 25.7. The summed E-state index contributed by atoms with van der Waals surface area (Å²) in [7, 11) is 0. The highest BCUT2D eigenvalue weighted by Crippen LogP contribution is 2.20. The minimum absolute atomic E-state index is 0.00828. The van der Waals surface area contributed by atoms with Gasteiger partial charge >= 0.3 is 5.97 Å². The van der Waals surface area contributed by atoms with Crippen LogP contribution in [-0.2, 0) is 44.8 Å². The fraction of sp³-hybridized carbons (Fsp3) is 0.517. The molecule has 5 atom stereocenters. The zero-order chi connectivity index (χ0) is 35.3. The summed E-state index contributed by atoms with van der Waals surface area (Å²) >= 11 is 0. The summed E-state index contributed by atoms with van der Waals surface area (Å²) in [4.78, 5) is 100. The summed E-state index contributed by atoms with van der Waals surface area (Å²) in [5.41, 5.74) is 22.4. The maximum absolute atomic E-state index is 13.4. The standard InChI is InChI=1S/C29H42N8O10/c30-17(14-15-3-5-16(38)6-4-15)25(42)34-18(7-10-22(31)39)26(43)35-19(8-11-23(32)40)27(44)36-20(9-12-24(33)41)28(45)37-13-1-2-21(37)29(46)47/h3-6,17-21,38H,1-2,7-14,30H2,(H2,31,39)(H2,32,40)(H2,33,41)(H,34,42)(H,35,43)(H,36,44)(H,46,47)/t17-,18-,19-,20-,21-/m0/s1. The molecule has 7 amide bonds. The van der Waals surface area contributed by atoms with Crippen molar-refractivity contribution < 1.29 is 48.6 Å². The maximum Gasteiger partial charge on any atom is 0.326 e. The van der Waals surface area contributed by atoms with E-state index in [0.29, 0.717) is 12.0 Å². The average molecular weight is 663 g/mol. The molecule has 258 valence electrons. The molecule has 1 aliphatic rings. The fourth-order valence-electron chi connectivity index (χ4n) is 4.94. The second kappa shape index (κ2) is 18.0. The number of nitrogens with zero attached hydrogens (tertiary/aromatic N) is 1. The van der Waals surface area contributed by atoms with E-state index in [0.717, 1.165) is 4.90 Å². The van der Waals surface area contributed by atoms with Gasteiger partial charge < -0.3 is 54.0 Å². The van der Waals surface area contributed by atoms with Crippen molar-refractivity contribution in [3.05, 3.63) is 29.8 Å². The van der Waals surface area contributed by atoms with Crippen LogP contribution in [0.3, 0.4) is 0 Å². The van der Waals surface area contributed by atoms with Gasteiger partial charge in [-0.1, -0.05) is 12.1 Å². The highest BCUT2D eigenvalue weighted by molar-refractivity contribution is 5.96. The first kappa shape index (κ1) is 37.9. The van der Waals surface area contributed by atoms with Crippen molar-refractivity contribution in [3.63, 3.8) is 0 Å². The van der Waals surface area contributed by atoms with E-state index in [2.05, 4.69) is 16.0 Å². The van der Waals surface area contributed by atoms with Crippen molar-refractivity contribution in [2.75, 3.05) is 6.54 Å². The van der Waals surface area contributed by atoms with Gasteiger partial charge in [-0.05, 0) is 56.2 Å². The molecule has 13 N–H and O–H groups in total. The lowest BCUT2D eigenvalue weighted by molar-refractivity contribution is -0.149. The Morgan fingerprint density at radius 1 is 0.745 bits per heavy atom. The van der Waals surface area contributed by atoms with E-state index in [1.54, 1.807) is 12.1 Å². The fourth-order valence-corrected chi connectivity index (χ4v) is 4.94. The molecular weight excluding hydrogens is 620 g/mol.